The van der Waals surface area contributed by atoms with Crippen LogP contribution in [0.3, 0.4) is 0 Å². The second-order valence-electron chi connectivity index (χ2n) is 8.63. The van der Waals surface area contributed by atoms with Gasteiger partial charge in [0.05, 0.1) is 18.6 Å². The Morgan fingerprint density at radius 2 is 1.69 bits per heavy atom. The summed E-state index contributed by atoms with van der Waals surface area (Å²) in [6.07, 6.45) is 2.06. The van der Waals surface area contributed by atoms with Crippen molar-refractivity contribution in [2.24, 2.45) is 0 Å². The molecule has 0 bridgehead atoms. The van der Waals surface area contributed by atoms with E-state index in [0.717, 1.165) is 17.4 Å². The summed E-state index contributed by atoms with van der Waals surface area (Å²) in [6, 6.07) is 14.0. The second kappa shape index (κ2) is 13.9. The zero-order valence-electron chi connectivity index (χ0n) is 22.0. The van der Waals surface area contributed by atoms with E-state index in [1.807, 2.05) is 52.0 Å². The predicted molar refractivity (Wildman–Crippen MR) is 144 cm³/mol. The minimum atomic E-state index is -3.55. The summed E-state index contributed by atoms with van der Waals surface area (Å²) in [5.74, 6) is 0.290. The molecule has 0 saturated heterocycles. The van der Waals surface area contributed by atoms with Gasteiger partial charge in [-0.25, -0.2) is 8.42 Å². The molecule has 2 rings (SSSR count). The molecule has 0 radical (unpaired) electrons. The lowest BCUT2D eigenvalue weighted by Gasteiger charge is -2.31. The molecule has 0 saturated carbocycles. The van der Waals surface area contributed by atoms with Crippen LogP contribution in [0.1, 0.15) is 51.2 Å². The lowest BCUT2D eigenvalue weighted by atomic mass is 10.1. The Bertz CT molecular complexity index is 1100. The van der Waals surface area contributed by atoms with Crippen LogP contribution in [0.5, 0.6) is 5.75 Å². The van der Waals surface area contributed by atoms with Gasteiger partial charge in [-0.3, -0.25) is 13.9 Å². The molecule has 2 aromatic rings. The van der Waals surface area contributed by atoms with Gasteiger partial charge in [0, 0.05) is 26.1 Å². The number of sulfonamides is 1. The number of nitrogens with zero attached hydrogens (tertiary/aromatic N) is 2. The number of hydrogen-bond donors (Lipinski definition) is 1. The molecule has 1 N–H and O–H groups in total. The monoisotopic (exact) mass is 517 g/mol. The molecular weight excluding hydrogens is 478 g/mol. The Hall–Kier alpha value is -3.07. The normalized spacial score (nSPS) is 12.0. The third-order valence-electron chi connectivity index (χ3n) is 5.93. The van der Waals surface area contributed by atoms with Gasteiger partial charge in [0.25, 0.3) is 0 Å². The number of nitrogens with one attached hydrogen (secondary N) is 1. The number of benzene rings is 2. The number of carbonyl (C=O) groups is 2. The molecule has 2 aromatic carbocycles. The van der Waals surface area contributed by atoms with E-state index < -0.39 is 16.1 Å². The van der Waals surface area contributed by atoms with Crippen molar-refractivity contribution in [2.45, 2.75) is 59.5 Å². The summed E-state index contributed by atoms with van der Waals surface area (Å²) in [4.78, 5) is 27.8. The van der Waals surface area contributed by atoms with E-state index in [9.17, 15) is 18.0 Å². The van der Waals surface area contributed by atoms with Crippen molar-refractivity contribution in [1.29, 1.82) is 0 Å². The van der Waals surface area contributed by atoms with E-state index in [0.29, 0.717) is 44.0 Å². The number of rotatable bonds is 14. The molecule has 0 unspecified atom stereocenters. The molecule has 0 aromatic heterocycles. The highest BCUT2D eigenvalue weighted by Crippen LogP contribution is 2.23. The van der Waals surface area contributed by atoms with Crippen LogP contribution in [0.4, 0.5) is 5.69 Å². The van der Waals surface area contributed by atoms with Crippen molar-refractivity contribution < 1.29 is 22.7 Å². The summed E-state index contributed by atoms with van der Waals surface area (Å²) in [7, 11) is -3.55. The van der Waals surface area contributed by atoms with Crippen LogP contribution < -0.4 is 14.4 Å². The molecule has 0 aliphatic rings. The summed E-state index contributed by atoms with van der Waals surface area (Å²) < 4.78 is 31.7. The molecule has 0 spiro atoms. The Kier molecular flexibility index (Phi) is 11.2. The lowest BCUT2D eigenvalue weighted by molar-refractivity contribution is -0.141. The van der Waals surface area contributed by atoms with Gasteiger partial charge in [0.1, 0.15) is 11.8 Å². The fourth-order valence-corrected chi connectivity index (χ4v) is 5.03. The molecular formula is C27H39N3O5S. The molecule has 8 nitrogen and oxygen atoms in total. The number of amides is 2. The Balaban J connectivity index is 2.19. The predicted octanol–water partition coefficient (Wildman–Crippen LogP) is 3.88. The third-order valence-corrected chi connectivity index (χ3v) is 7.12. The van der Waals surface area contributed by atoms with Gasteiger partial charge in [-0.05, 0) is 69.0 Å². The maximum absolute atomic E-state index is 13.4. The summed E-state index contributed by atoms with van der Waals surface area (Å²) >= 11 is 0. The van der Waals surface area contributed by atoms with Crippen LogP contribution in [0.15, 0.2) is 48.5 Å². The maximum Gasteiger partial charge on any atom is 0.242 e. The zero-order valence-corrected chi connectivity index (χ0v) is 22.8. The number of ether oxygens (including phenoxy) is 1. The first-order valence-electron chi connectivity index (χ1n) is 12.4. The topological polar surface area (TPSA) is 96.0 Å². The number of hydrogen-bond acceptors (Lipinski definition) is 5. The summed E-state index contributed by atoms with van der Waals surface area (Å²) in [6.45, 7) is 9.05. The van der Waals surface area contributed by atoms with Gasteiger partial charge in [-0.2, -0.15) is 0 Å². The van der Waals surface area contributed by atoms with E-state index in [4.69, 9.17) is 4.74 Å². The Morgan fingerprint density at radius 1 is 1.03 bits per heavy atom. The standard InChI is InChI=1S/C27H39N3O5S/c1-6-25(27(32)28-7-2)29(20-22-13-10-9-12-21(22)4)26(31)14-11-19-30(36(5,33)34)23-15-17-24(18-16-23)35-8-3/h9-10,12-13,15-18,25H,6-8,11,14,19-20H2,1-5H3,(H,28,32)/t25-/m1/s1. The van der Waals surface area contributed by atoms with E-state index in [-0.39, 0.29) is 24.8 Å². The first kappa shape index (κ1) is 29.2. The third kappa shape index (κ3) is 8.26. The molecule has 0 fully saturated rings. The second-order valence-corrected chi connectivity index (χ2v) is 10.5. The zero-order chi connectivity index (χ0) is 26.7. The average molecular weight is 518 g/mol. The fraction of sp³-hybridized carbons (Fsp3) is 0.481. The molecule has 9 heteroatoms. The molecule has 36 heavy (non-hydrogen) atoms. The summed E-state index contributed by atoms with van der Waals surface area (Å²) in [5.41, 5.74) is 2.53. The highest BCUT2D eigenvalue weighted by molar-refractivity contribution is 7.92. The van der Waals surface area contributed by atoms with Crippen molar-refractivity contribution in [2.75, 3.05) is 30.3 Å². The van der Waals surface area contributed by atoms with Crippen molar-refractivity contribution in [3.63, 3.8) is 0 Å². The van der Waals surface area contributed by atoms with Crippen LogP contribution in [0.25, 0.3) is 0 Å². The molecule has 0 aliphatic carbocycles. The lowest BCUT2D eigenvalue weighted by Crippen LogP contribution is -2.49. The molecule has 198 valence electrons. The van der Waals surface area contributed by atoms with Gasteiger partial charge in [-0.1, -0.05) is 31.2 Å². The smallest absolute Gasteiger partial charge is 0.242 e. The van der Waals surface area contributed by atoms with Crippen LogP contribution in [-0.2, 0) is 26.2 Å². The minimum Gasteiger partial charge on any atom is -0.494 e. The van der Waals surface area contributed by atoms with Gasteiger partial charge >= 0.3 is 0 Å². The molecule has 1 atom stereocenters. The molecule has 0 aliphatic heterocycles. The number of carbonyl (C=O) groups excluding carboxylic acids is 2. The van der Waals surface area contributed by atoms with E-state index in [1.54, 1.807) is 29.2 Å². The number of anilines is 1. The van der Waals surface area contributed by atoms with Crippen LogP contribution in [-0.4, -0.2) is 57.1 Å². The highest BCUT2D eigenvalue weighted by atomic mass is 32.2. The average Bonchev–Trinajstić information content (AvgIpc) is 2.83. The van der Waals surface area contributed by atoms with Gasteiger partial charge in [-0.15, -0.1) is 0 Å². The van der Waals surface area contributed by atoms with Crippen LogP contribution >= 0.6 is 0 Å². The summed E-state index contributed by atoms with van der Waals surface area (Å²) in [5, 5.41) is 2.83. The molecule has 2 amide bonds. The number of aryl methyl sites for hydroxylation is 1. The molecule has 0 heterocycles. The van der Waals surface area contributed by atoms with Crippen LogP contribution in [0.2, 0.25) is 0 Å². The van der Waals surface area contributed by atoms with Crippen molar-refractivity contribution in [3.05, 3.63) is 59.7 Å². The Morgan fingerprint density at radius 3 is 2.25 bits per heavy atom. The van der Waals surface area contributed by atoms with E-state index >= 15 is 0 Å². The van der Waals surface area contributed by atoms with Gasteiger partial charge in [0.2, 0.25) is 21.8 Å². The number of likely N-dealkylation sites (N-methyl/N-ethyl adjacent to an activating group) is 1. The van der Waals surface area contributed by atoms with Crippen molar-refractivity contribution >= 4 is 27.5 Å². The first-order chi connectivity index (χ1) is 17.1. The van der Waals surface area contributed by atoms with Gasteiger partial charge < -0.3 is 15.0 Å². The van der Waals surface area contributed by atoms with Crippen LogP contribution in [0, 0.1) is 6.92 Å². The SMILES string of the molecule is CCNC(=O)[C@@H](CC)N(Cc1ccccc1C)C(=O)CCCN(c1ccc(OCC)cc1)S(C)(=O)=O. The van der Waals surface area contributed by atoms with Crippen molar-refractivity contribution in [1.82, 2.24) is 10.2 Å². The first-order valence-corrected chi connectivity index (χ1v) is 14.3. The minimum absolute atomic E-state index is 0.116. The largest absolute Gasteiger partial charge is 0.494 e. The fourth-order valence-electron chi connectivity index (χ4n) is 4.06. The van der Waals surface area contributed by atoms with Crippen molar-refractivity contribution in [3.8, 4) is 5.75 Å². The van der Waals surface area contributed by atoms with Gasteiger partial charge in [0.15, 0.2) is 0 Å². The maximum atomic E-state index is 13.4. The van der Waals surface area contributed by atoms with E-state index in [1.165, 1.54) is 4.31 Å². The quantitative estimate of drug-likeness (QED) is 0.410. The van der Waals surface area contributed by atoms with E-state index in [2.05, 4.69) is 5.32 Å². The highest BCUT2D eigenvalue weighted by Gasteiger charge is 2.28. The Labute approximate surface area is 215 Å².